The zero-order chi connectivity index (χ0) is 18.5. The number of phenolic OH excluding ortho intramolecular Hbond substituents is 1. The van der Waals surface area contributed by atoms with Crippen molar-refractivity contribution in [3.63, 3.8) is 0 Å². The number of halogens is 2. The maximum absolute atomic E-state index is 14.1. The van der Waals surface area contributed by atoms with E-state index in [2.05, 4.69) is 30.5 Å². The molecular weight excluding hydrogens is 354 g/mol. The Balaban J connectivity index is 1.54. The number of phenols is 1. The number of pyridine rings is 1. The molecule has 9 heteroatoms. The molecule has 0 unspecified atom stereocenters. The SMILES string of the molecule is Oc1ccc(Nc2ncnc3ccc(N4C[C@@H]5C[C@H]4CN5)nc23)c(F)c1F. The van der Waals surface area contributed by atoms with E-state index in [1.807, 2.05) is 12.1 Å². The van der Waals surface area contributed by atoms with Crippen LogP contribution in [0.25, 0.3) is 11.0 Å². The number of rotatable bonds is 3. The molecule has 2 fully saturated rings. The van der Waals surface area contributed by atoms with Gasteiger partial charge < -0.3 is 20.6 Å². The third-order valence-electron chi connectivity index (χ3n) is 5.13. The van der Waals surface area contributed by atoms with Gasteiger partial charge in [0.25, 0.3) is 0 Å². The minimum Gasteiger partial charge on any atom is -0.505 e. The van der Waals surface area contributed by atoms with E-state index in [0.29, 0.717) is 23.1 Å². The predicted molar refractivity (Wildman–Crippen MR) is 96.2 cm³/mol. The van der Waals surface area contributed by atoms with E-state index < -0.39 is 17.4 Å². The summed E-state index contributed by atoms with van der Waals surface area (Å²) >= 11 is 0. The molecule has 1 aromatic carbocycles. The highest BCUT2D eigenvalue weighted by atomic mass is 19.2. The van der Waals surface area contributed by atoms with Crippen molar-refractivity contribution in [3.05, 3.63) is 42.2 Å². The van der Waals surface area contributed by atoms with Crippen LogP contribution in [0.2, 0.25) is 0 Å². The lowest BCUT2D eigenvalue weighted by atomic mass is 10.2. The molecule has 7 nitrogen and oxygen atoms in total. The molecule has 2 aliphatic rings. The largest absolute Gasteiger partial charge is 0.505 e. The standard InChI is InChI=1S/C18H16F2N6O/c19-15-11(1-3-13(27)16(15)20)24-18-17-12(22-8-23-18)2-4-14(25-17)26-7-9-5-10(26)6-21-9/h1-4,8-10,21,27H,5-7H2,(H,22,23,24)/t9-,10-/m0/s1. The molecule has 2 saturated heterocycles. The van der Waals surface area contributed by atoms with Gasteiger partial charge in [0, 0.05) is 25.2 Å². The van der Waals surface area contributed by atoms with Crippen LogP contribution in [0.3, 0.4) is 0 Å². The molecule has 3 aromatic rings. The lowest BCUT2D eigenvalue weighted by molar-refractivity contribution is 0.408. The van der Waals surface area contributed by atoms with Crippen LogP contribution in [0.15, 0.2) is 30.6 Å². The maximum atomic E-state index is 14.1. The normalized spacial score (nSPS) is 21.2. The van der Waals surface area contributed by atoms with Crippen molar-refractivity contribution in [1.29, 1.82) is 0 Å². The van der Waals surface area contributed by atoms with Gasteiger partial charge in [-0.05, 0) is 30.7 Å². The third kappa shape index (κ3) is 2.62. The zero-order valence-electron chi connectivity index (χ0n) is 14.2. The fourth-order valence-corrected chi connectivity index (χ4v) is 3.79. The van der Waals surface area contributed by atoms with Crippen molar-refractivity contribution < 1.29 is 13.9 Å². The summed E-state index contributed by atoms with van der Waals surface area (Å²) in [6.07, 6.45) is 2.43. The van der Waals surface area contributed by atoms with Gasteiger partial charge in [0.1, 0.15) is 17.7 Å². The van der Waals surface area contributed by atoms with Crippen LogP contribution in [0.4, 0.5) is 26.1 Å². The lowest BCUT2D eigenvalue weighted by Gasteiger charge is -2.28. The zero-order valence-corrected chi connectivity index (χ0v) is 14.2. The maximum Gasteiger partial charge on any atom is 0.202 e. The quantitative estimate of drug-likeness (QED) is 0.610. The monoisotopic (exact) mass is 370 g/mol. The number of hydrogen-bond donors (Lipinski definition) is 3. The minimum absolute atomic E-state index is 0.137. The molecule has 0 spiro atoms. The molecule has 5 rings (SSSR count). The van der Waals surface area contributed by atoms with Crippen LogP contribution in [-0.2, 0) is 0 Å². The summed E-state index contributed by atoms with van der Waals surface area (Å²) in [4.78, 5) is 15.3. The Morgan fingerprint density at radius 3 is 2.81 bits per heavy atom. The van der Waals surface area contributed by atoms with Crippen molar-refractivity contribution in [2.24, 2.45) is 0 Å². The van der Waals surface area contributed by atoms with E-state index >= 15 is 0 Å². The van der Waals surface area contributed by atoms with E-state index in [4.69, 9.17) is 0 Å². The molecule has 138 valence electrons. The van der Waals surface area contributed by atoms with Gasteiger partial charge in [-0.25, -0.2) is 19.3 Å². The molecule has 4 heterocycles. The molecule has 0 saturated carbocycles. The first-order valence-electron chi connectivity index (χ1n) is 8.66. The van der Waals surface area contributed by atoms with Gasteiger partial charge in [-0.2, -0.15) is 4.39 Å². The van der Waals surface area contributed by atoms with Crippen LogP contribution in [-0.4, -0.2) is 45.2 Å². The van der Waals surface area contributed by atoms with Crippen molar-refractivity contribution in [3.8, 4) is 5.75 Å². The van der Waals surface area contributed by atoms with Crippen molar-refractivity contribution in [2.45, 2.75) is 18.5 Å². The highest BCUT2D eigenvalue weighted by Gasteiger charge is 2.38. The molecule has 0 radical (unpaired) electrons. The first kappa shape index (κ1) is 16.1. The summed E-state index contributed by atoms with van der Waals surface area (Å²) in [7, 11) is 0. The lowest BCUT2D eigenvalue weighted by Crippen LogP contribution is -2.44. The summed E-state index contributed by atoms with van der Waals surface area (Å²) in [6.45, 7) is 1.82. The van der Waals surface area contributed by atoms with Crippen LogP contribution in [0.1, 0.15) is 6.42 Å². The topological polar surface area (TPSA) is 86.2 Å². The summed E-state index contributed by atoms with van der Waals surface area (Å²) in [5.41, 5.74) is 0.930. The van der Waals surface area contributed by atoms with Crippen LogP contribution in [0.5, 0.6) is 5.75 Å². The summed E-state index contributed by atoms with van der Waals surface area (Å²) in [5.74, 6) is -2.16. The number of piperazine rings is 1. The third-order valence-corrected chi connectivity index (χ3v) is 5.13. The van der Waals surface area contributed by atoms with E-state index in [0.717, 1.165) is 31.4 Å². The predicted octanol–water partition coefficient (Wildman–Crippen LogP) is 2.30. The number of nitrogens with zero attached hydrogens (tertiary/aromatic N) is 4. The second kappa shape index (κ2) is 5.98. The fourth-order valence-electron chi connectivity index (χ4n) is 3.79. The molecule has 0 amide bonds. The van der Waals surface area contributed by atoms with E-state index in [1.54, 1.807) is 0 Å². The first-order valence-corrected chi connectivity index (χ1v) is 8.66. The molecule has 2 bridgehead atoms. The average molecular weight is 370 g/mol. The van der Waals surface area contributed by atoms with Crippen molar-refractivity contribution >= 4 is 28.4 Å². The minimum atomic E-state index is -1.31. The number of benzene rings is 1. The number of aromatic hydroxyl groups is 1. The molecule has 2 atom stereocenters. The van der Waals surface area contributed by atoms with Crippen molar-refractivity contribution in [1.82, 2.24) is 20.3 Å². The van der Waals surface area contributed by atoms with Crippen LogP contribution >= 0.6 is 0 Å². The summed E-state index contributed by atoms with van der Waals surface area (Å²) in [5, 5.41) is 15.5. The van der Waals surface area contributed by atoms with E-state index in [-0.39, 0.29) is 11.5 Å². The van der Waals surface area contributed by atoms with Gasteiger partial charge in [-0.3, -0.25) is 0 Å². The van der Waals surface area contributed by atoms with Crippen LogP contribution < -0.4 is 15.5 Å². The van der Waals surface area contributed by atoms with Gasteiger partial charge >= 0.3 is 0 Å². The number of aromatic nitrogens is 3. The summed E-state index contributed by atoms with van der Waals surface area (Å²) < 4.78 is 27.7. The number of fused-ring (bicyclic) bond motifs is 3. The Morgan fingerprint density at radius 1 is 1.15 bits per heavy atom. The molecule has 2 aromatic heterocycles. The molecule has 2 aliphatic heterocycles. The Labute approximate surface area is 153 Å². The molecule has 3 N–H and O–H groups in total. The number of hydrogen-bond acceptors (Lipinski definition) is 7. The van der Waals surface area contributed by atoms with E-state index in [1.165, 1.54) is 12.4 Å². The highest BCUT2D eigenvalue weighted by molar-refractivity contribution is 5.88. The van der Waals surface area contributed by atoms with E-state index in [9.17, 15) is 13.9 Å². The Hall–Kier alpha value is -3.07. The van der Waals surface area contributed by atoms with Gasteiger partial charge in [0.05, 0.1) is 11.2 Å². The average Bonchev–Trinajstić information content (AvgIpc) is 3.32. The molecular formula is C18H16F2N6O. The van der Waals surface area contributed by atoms with Gasteiger partial charge in [-0.15, -0.1) is 0 Å². The second-order valence-electron chi connectivity index (χ2n) is 6.79. The fraction of sp³-hybridized carbons (Fsp3) is 0.278. The first-order chi connectivity index (χ1) is 13.1. The van der Waals surface area contributed by atoms with Gasteiger partial charge in [-0.1, -0.05) is 0 Å². The Bertz CT molecular complexity index is 1050. The second-order valence-corrected chi connectivity index (χ2v) is 6.79. The van der Waals surface area contributed by atoms with Gasteiger partial charge in [0.2, 0.25) is 5.82 Å². The number of anilines is 3. The Kier molecular flexibility index (Phi) is 3.57. The van der Waals surface area contributed by atoms with Gasteiger partial charge in [0.15, 0.2) is 17.4 Å². The summed E-state index contributed by atoms with van der Waals surface area (Å²) in [6, 6.07) is 6.97. The Morgan fingerprint density at radius 2 is 2.04 bits per heavy atom. The number of nitrogens with one attached hydrogen (secondary N) is 2. The molecule has 0 aliphatic carbocycles. The van der Waals surface area contributed by atoms with Crippen molar-refractivity contribution in [2.75, 3.05) is 23.3 Å². The molecule has 27 heavy (non-hydrogen) atoms. The van der Waals surface area contributed by atoms with Crippen LogP contribution in [0, 0.1) is 11.6 Å². The highest BCUT2D eigenvalue weighted by Crippen LogP contribution is 2.32. The smallest absolute Gasteiger partial charge is 0.202 e.